The minimum absolute atomic E-state index is 0.0940. The Morgan fingerprint density at radius 3 is 2.60 bits per heavy atom. The summed E-state index contributed by atoms with van der Waals surface area (Å²) in [6, 6.07) is 7.34. The number of amides is 1. The monoisotopic (exact) mass is 289 g/mol. The summed E-state index contributed by atoms with van der Waals surface area (Å²) in [6.07, 6.45) is 0. The van der Waals surface area contributed by atoms with Crippen molar-refractivity contribution in [2.75, 3.05) is 18.5 Å². The molecule has 1 aromatic carbocycles. The Labute approximate surface area is 121 Å². The first kappa shape index (κ1) is 13.0. The highest BCUT2D eigenvalue weighted by Crippen LogP contribution is 2.33. The van der Waals surface area contributed by atoms with Crippen molar-refractivity contribution in [1.29, 1.82) is 0 Å². The molecule has 0 unspecified atom stereocenters. The van der Waals surface area contributed by atoms with Crippen LogP contribution in [0, 0.1) is 13.8 Å². The number of hydrogen-bond donors (Lipinski definition) is 1. The van der Waals surface area contributed by atoms with E-state index in [1.807, 2.05) is 32.0 Å². The maximum atomic E-state index is 12.2. The first-order valence-corrected chi connectivity index (χ1v) is 7.23. The zero-order valence-electron chi connectivity index (χ0n) is 11.4. The number of ether oxygens (including phenoxy) is 2. The molecule has 0 fully saturated rings. The topological polar surface area (TPSA) is 47.6 Å². The molecule has 1 aliphatic heterocycles. The van der Waals surface area contributed by atoms with Crippen LogP contribution in [0.15, 0.2) is 24.3 Å². The first-order valence-electron chi connectivity index (χ1n) is 6.41. The molecule has 0 bridgehead atoms. The fourth-order valence-corrected chi connectivity index (χ4v) is 3.10. The molecule has 104 valence electrons. The van der Waals surface area contributed by atoms with Crippen molar-refractivity contribution in [3.63, 3.8) is 0 Å². The smallest absolute Gasteiger partial charge is 0.256 e. The highest BCUT2D eigenvalue weighted by molar-refractivity contribution is 7.12. The van der Waals surface area contributed by atoms with E-state index in [2.05, 4.69) is 5.32 Å². The summed E-state index contributed by atoms with van der Waals surface area (Å²) < 4.78 is 11.0. The van der Waals surface area contributed by atoms with Gasteiger partial charge in [-0.2, -0.15) is 0 Å². The predicted molar refractivity (Wildman–Crippen MR) is 79.2 cm³/mol. The largest absolute Gasteiger partial charge is 0.486 e. The number of thiophene rings is 1. The van der Waals surface area contributed by atoms with Crippen LogP contribution in [0.25, 0.3) is 0 Å². The third-order valence-corrected chi connectivity index (χ3v) is 4.05. The minimum Gasteiger partial charge on any atom is -0.486 e. The lowest BCUT2D eigenvalue weighted by Crippen LogP contribution is -2.16. The zero-order chi connectivity index (χ0) is 14.1. The van der Waals surface area contributed by atoms with Crippen molar-refractivity contribution in [3.8, 4) is 11.5 Å². The first-order chi connectivity index (χ1) is 9.63. The predicted octanol–water partition coefficient (Wildman–Crippen LogP) is 3.39. The van der Waals surface area contributed by atoms with E-state index in [4.69, 9.17) is 9.47 Å². The van der Waals surface area contributed by atoms with Crippen LogP contribution in [0.3, 0.4) is 0 Å². The van der Waals surface area contributed by atoms with Gasteiger partial charge in [-0.05, 0) is 32.0 Å². The van der Waals surface area contributed by atoms with E-state index in [0.717, 1.165) is 21.1 Å². The molecule has 3 rings (SSSR count). The Balaban J connectivity index is 1.81. The molecule has 1 N–H and O–H groups in total. The molecule has 5 heteroatoms. The second-order valence-electron chi connectivity index (χ2n) is 4.64. The van der Waals surface area contributed by atoms with Gasteiger partial charge in [0.05, 0.1) is 5.56 Å². The van der Waals surface area contributed by atoms with E-state index in [1.165, 1.54) is 0 Å². The Bertz CT molecular complexity index is 663. The fraction of sp³-hybridized carbons (Fsp3) is 0.267. The quantitative estimate of drug-likeness (QED) is 0.922. The SMILES string of the molecule is Cc1cc(C(=O)Nc2ccc3c(c2)OCCO3)c(C)s1. The van der Waals surface area contributed by atoms with Crippen molar-refractivity contribution in [2.24, 2.45) is 0 Å². The average Bonchev–Trinajstić information content (AvgIpc) is 2.78. The number of rotatable bonds is 2. The summed E-state index contributed by atoms with van der Waals surface area (Å²) in [5.74, 6) is 1.30. The fourth-order valence-electron chi connectivity index (χ4n) is 2.18. The molecule has 0 atom stereocenters. The second-order valence-corrected chi connectivity index (χ2v) is 6.10. The van der Waals surface area contributed by atoms with E-state index in [0.29, 0.717) is 24.7 Å². The van der Waals surface area contributed by atoms with Crippen molar-refractivity contribution in [2.45, 2.75) is 13.8 Å². The molecule has 20 heavy (non-hydrogen) atoms. The molecule has 0 spiro atoms. The summed E-state index contributed by atoms with van der Waals surface area (Å²) in [7, 11) is 0. The van der Waals surface area contributed by atoms with E-state index in [9.17, 15) is 4.79 Å². The van der Waals surface area contributed by atoms with Crippen molar-refractivity contribution in [1.82, 2.24) is 0 Å². The summed E-state index contributed by atoms with van der Waals surface area (Å²) >= 11 is 1.63. The normalized spacial score (nSPS) is 13.1. The molecule has 4 nitrogen and oxygen atoms in total. The molecule has 0 radical (unpaired) electrons. The Kier molecular flexibility index (Phi) is 3.36. The highest BCUT2D eigenvalue weighted by atomic mass is 32.1. The third-order valence-electron chi connectivity index (χ3n) is 3.09. The van der Waals surface area contributed by atoms with Crippen molar-refractivity contribution >= 4 is 22.9 Å². The van der Waals surface area contributed by atoms with Crippen LogP contribution in [0.4, 0.5) is 5.69 Å². The van der Waals surface area contributed by atoms with Gasteiger partial charge in [-0.15, -0.1) is 11.3 Å². The number of nitrogens with one attached hydrogen (secondary N) is 1. The molecule has 0 aliphatic carbocycles. The number of hydrogen-bond acceptors (Lipinski definition) is 4. The lowest BCUT2D eigenvalue weighted by Gasteiger charge is -2.19. The summed E-state index contributed by atoms with van der Waals surface area (Å²) in [4.78, 5) is 14.4. The lowest BCUT2D eigenvalue weighted by atomic mass is 10.2. The van der Waals surface area contributed by atoms with Gasteiger partial charge in [0.15, 0.2) is 11.5 Å². The molecule has 2 heterocycles. The van der Waals surface area contributed by atoms with Gasteiger partial charge >= 0.3 is 0 Å². The number of benzene rings is 1. The van der Waals surface area contributed by atoms with Crippen LogP contribution in [-0.2, 0) is 0 Å². The molecular weight excluding hydrogens is 274 g/mol. The van der Waals surface area contributed by atoms with Crippen LogP contribution in [0.5, 0.6) is 11.5 Å². The zero-order valence-corrected chi connectivity index (χ0v) is 12.2. The van der Waals surface area contributed by atoms with Gasteiger partial charge in [-0.1, -0.05) is 0 Å². The van der Waals surface area contributed by atoms with Gasteiger partial charge in [0, 0.05) is 21.5 Å². The Morgan fingerprint density at radius 1 is 1.15 bits per heavy atom. The van der Waals surface area contributed by atoms with Crippen molar-refractivity contribution < 1.29 is 14.3 Å². The standard InChI is InChI=1S/C15H15NO3S/c1-9-7-12(10(2)20-9)15(17)16-11-3-4-13-14(8-11)19-6-5-18-13/h3-4,7-8H,5-6H2,1-2H3,(H,16,17). The molecule has 1 aliphatic rings. The third kappa shape index (κ3) is 2.49. The molecule has 0 saturated heterocycles. The molecular formula is C15H15NO3S. The number of aryl methyl sites for hydroxylation is 2. The van der Waals surface area contributed by atoms with Gasteiger partial charge in [0.1, 0.15) is 13.2 Å². The van der Waals surface area contributed by atoms with Gasteiger partial charge in [-0.25, -0.2) is 0 Å². The lowest BCUT2D eigenvalue weighted by molar-refractivity contribution is 0.102. The second kappa shape index (κ2) is 5.17. The Morgan fingerprint density at radius 2 is 1.90 bits per heavy atom. The summed E-state index contributed by atoms with van der Waals surface area (Å²) in [5, 5.41) is 2.89. The van der Waals surface area contributed by atoms with Crippen molar-refractivity contribution in [3.05, 3.63) is 39.6 Å². The maximum Gasteiger partial charge on any atom is 0.256 e. The number of anilines is 1. The highest BCUT2D eigenvalue weighted by Gasteiger charge is 2.15. The molecule has 1 amide bonds. The molecule has 1 aromatic heterocycles. The molecule has 0 saturated carbocycles. The van der Waals surface area contributed by atoms with Gasteiger partial charge in [-0.3, -0.25) is 4.79 Å². The van der Waals surface area contributed by atoms with E-state index in [1.54, 1.807) is 17.4 Å². The number of carbonyl (C=O) groups is 1. The Hall–Kier alpha value is -2.01. The number of carbonyl (C=O) groups excluding carboxylic acids is 1. The van der Waals surface area contributed by atoms with Gasteiger partial charge in [0.2, 0.25) is 0 Å². The van der Waals surface area contributed by atoms with E-state index < -0.39 is 0 Å². The number of fused-ring (bicyclic) bond motifs is 1. The van der Waals surface area contributed by atoms with Gasteiger partial charge in [0.25, 0.3) is 5.91 Å². The maximum absolute atomic E-state index is 12.2. The van der Waals surface area contributed by atoms with Crippen LogP contribution in [-0.4, -0.2) is 19.1 Å². The van der Waals surface area contributed by atoms with E-state index >= 15 is 0 Å². The van der Waals surface area contributed by atoms with Crippen LogP contribution in [0.2, 0.25) is 0 Å². The minimum atomic E-state index is -0.0940. The van der Waals surface area contributed by atoms with Gasteiger partial charge < -0.3 is 14.8 Å². The van der Waals surface area contributed by atoms with Crippen LogP contribution >= 0.6 is 11.3 Å². The van der Waals surface area contributed by atoms with Crippen LogP contribution < -0.4 is 14.8 Å². The van der Waals surface area contributed by atoms with Crippen LogP contribution in [0.1, 0.15) is 20.1 Å². The molecule has 2 aromatic rings. The summed E-state index contributed by atoms with van der Waals surface area (Å²) in [5.41, 5.74) is 1.44. The average molecular weight is 289 g/mol. The summed E-state index contributed by atoms with van der Waals surface area (Å²) in [6.45, 7) is 5.05. The van der Waals surface area contributed by atoms with E-state index in [-0.39, 0.29) is 5.91 Å².